The van der Waals surface area contributed by atoms with E-state index in [4.69, 9.17) is 4.74 Å². The van der Waals surface area contributed by atoms with Gasteiger partial charge in [-0.3, -0.25) is 9.97 Å². The Labute approximate surface area is 197 Å². The molecule has 1 aromatic carbocycles. The largest absolute Gasteiger partial charge is 0.463 e. The van der Waals surface area contributed by atoms with Crippen molar-refractivity contribution in [1.29, 1.82) is 0 Å². The van der Waals surface area contributed by atoms with Gasteiger partial charge in [0.2, 0.25) is 0 Å². The standard InChI is InChI=1S/C27H37N3O3/c31-26(27(32,23-7-3-1-4-8-23)24-9-5-2-6-10-24)33-20-22(25-19-29-17-18-30-25)12-11-21-13-15-28-16-14-21/h1,3-4,7-8,17-19,21-22,24,28,32H,2,5-6,9-16,20H2. The Morgan fingerprint density at radius 1 is 1.09 bits per heavy atom. The summed E-state index contributed by atoms with van der Waals surface area (Å²) < 4.78 is 5.90. The third-order valence-electron chi connectivity index (χ3n) is 7.52. The molecule has 0 amide bonds. The van der Waals surface area contributed by atoms with Crippen molar-refractivity contribution in [3.63, 3.8) is 0 Å². The Hall–Kier alpha value is -2.31. The van der Waals surface area contributed by atoms with E-state index in [0.29, 0.717) is 11.5 Å². The molecule has 2 aliphatic rings. The van der Waals surface area contributed by atoms with Gasteiger partial charge in [0.15, 0.2) is 5.60 Å². The Morgan fingerprint density at radius 3 is 2.55 bits per heavy atom. The molecule has 33 heavy (non-hydrogen) atoms. The van der Waals surface area contributed by atoms with Crippen LogP contribution in [0.2, 0.25) is 0 Å². The van der Waals surface area contributed by atoms with Crippen molar-refractivity contribution in [3.05, 3.63) is 60.2 Å². The molecule has 2 atom stereocenters. The summed E-state index contributed by atoms with van der Waals surface area (Å²) in [5, 5.41) is 15.2. The van der Waals surface area contributed by atoms with Crippen molar-refractivity contribution in [3.8, 4) is 0 Å². The normalized spacial score (nSPS) is 20.6. The van der Waals surface area contributed by atoms with Gasteiger partial charge in [0.05, 0.1) is 12.3 Å². The highest BCUT2D eigenvalue weighted by atomic mass is 16.5. The molecule has 1 saturated carbocycles. The third-order valence-corrected chi connectivity index (χ3v) is 7.52. The average Bonchev–Trinajstić information content (AvgIpc) is 2.90. The van der Waals surface area contributed by atoms with Crippen LogP contribution in [0.1, 0.15) is 75.0 Å². The van der Waals surface area contributed by atoms with Gasteiger partial charge in [0, 0.05) is 30.4 Å². The van der Waals surface area contributed by atoms with E-state index >= 15 is 0 Å². The number of hydrogen-bond donors (Lipinski definition) is 2. The molecule has 2 N–H and O–H groups in total. The maximum atomic E-state index is 13.5. The zero-order valence-corrected chi connectivity index (χ0v) is 19.5. The fraction of sp³-hybridized carbons (Fsp3) is 0.593. The lowest BCUT2D eigenvalue weighted by molar-refractivity contribution is -0.176. The lowest BCUT2D eigenvalue weighted by Gasteiger charge is -2.37. The molecule has 0 bridgehead atoms. The number of piperidine rings is 1. The van der Waals surface area contributed by atoms with Gasteiger partial charge in [-0.15, -0.1) is 0 Å². The fourth-order valence-corrected chi connectivity index (χ4v) is 5.46. The number of carbonyl (C=O) groups excluding carboxylic acids is 1. The molecule has 178 valence electrons. The van der Waals surface area contributed by atoms with Gasteiger partial charge in [0.25, 0.3) is 0 Å². The molecular weight excluding hydrogens is 414 g/mol. The minimum absolute atomic E-state index is 0.0242. The van der Waals surface area contributed by atoms with Crippen LogP contribution in [0.5, 0.6) is 0 Å². The Kier molecular flexibility index (Phi) is 8.46. The summed E-state index contributed by atoms with van der Waals surface area (Å²) in [7, 11) is 0. The van der Waals surface area contributed by atoms with Crippen molar-refractivity contribution in [2.45, 2.75) is 69.3 Å². The quantitative estimate of drug-likeness (QED) is 0.552. The number of hydrogen-bond acceptors (Lipinski definition) is 6. The van der Waals surface area contributed by atoms with E-state index < -0.39 is 11.6 Å². The number of benzene rings is 1. The fourth-order valence-electron chi connectivity index (χ4n) is 5.46. The Balaban J connectivity index is 1.48. The second-order valence-electron chi connectivity index (χ2n) is 9.66. The molecule has 6 heteroatoms. The van der Waals surface area contributed by atoms with Gasteiger partial charge in [-0.25, -0.2) is 4.79 Å². The van der Waals surface area contributed by atoms with Crippen LogP contribution in [-0.2, 0) is 15.1 Å². The molecule has 1 saturated heterocycles. The Morgan fingerprint density at radius 2 is 1.85 bits per heavy atom. The molecule has 1 aliphatic heterocycles. The van der Waals surface area contributed by atoms with Gasteiger partial charge < -0.3 is 15.2 Å². The van der Waals surface area contributed by atoms with E-state index in [1.54, 1.807) is 18.6 Å². The summed E-state index contributed by atoms with van der Waals surface area (Å²) in [6.07, 6.45) is 14.4. The second-order valence-corrected chi connectivity index (χ2v) is 9.66. The van der Waals surface area contributed by atoms with Crippen LogP contribution < -0.4 is 5.32 Å². The third kappa shape index (κ3) is 5.98. The number of nitrogens with zero attached hydrogens (tertiary/aromatic N) is 2. The molecule has 1 aromatic heterocycles. The first kappa shape index (κ1) is 23.8. The summed E-state index contributed by atoms with van der Waals surface area (Å²) in [5.41, 5.74) is -0.128. The van der Waals surface area contributed by atoms with E-state index in [-0.39, 0.29) is 18.4 Å². The van der Waals surface area contributed by atoms with E-state index in [9.17, 15) is 9.90 Å². The molecule has 2 fully saturated rings. The topological polar surface area (TPSA) is 84.3 Å². The van der Waals surface area contributed by atoms with Gasteiger partial charge >= 0.3 is 5.97 Å². The van der Waals surface area contributed by atoms with Crippen molar-refractivity contribution >= 4 is 5.97 Å². The van der Waals surface area contributed by atoms with Crippen LogP contribution in [0.25, 0.3) is 0 Å². The predicted molar refractivity (Wildman–Crippen MR) is 127 cm³/mol. The van der Waals surface area contributed by atoms with Gasteiger partial charge in [-0.1, -0.05) is 49.6 Å². The van der Waals surface area contributed by atoms with Crippen LogP contribution in [-0.4, -0.2) is 40.7 Å². The average molecular weight is 452 g/mol. The zero-order valence-electron chi connectivity index (χ0n) is 19.5. The number of esters is 1. The molecule has 2 aromatic rings. The van der Waals surface area contributed by atoms with Crippen LogP contribution in [0.3, 0.4) is 0 Å². The van der Waals surface area contributed by atoms with E-state index in [0.717, 1.165) is 63.7 Å². The molecule has 2 unspecified atom stereocenters. The van der Waals surface area contributed by atoms with E-state index in [2.05, 4.69) is 15.3 Å². The minimum Gasteiger partial charge on any atom is -0.463 e. The first-order chi connectivity index (χ1) is 16.2. The van der Waals surface area contributed by atoms with Crippen LogP contribution in [0.4, 0.5) is 0 Å². The highest BCUT2D eigenvalue weighted by Gasteiger charge is 2.47. The second kappa shape index (κ2) is 11.7. The maximum absolute atomic E-state index is 13.5. The predicted octanol–water partition coefficient (Wildman–Crippen LogP) is 4.35. The molecule has 0 radical (unpaired) electrons. The van der Waals surface area contributed by atoms with Gasteiger partial charge in [0.1, 0.15) is 0 Å². The van der Waals surface area contributed by atoms with Crippen LogP contribution >= 0.6 is 0 Å². The summed E-state index contributed by atoms with van der Waals surface area (Å²) in [5.74, 6) is 0.00994. The Bertz CT molecular complexity index is 851. The number of nitrogens with one attached hydrogen (secondary N) is 1. The van der Waals surface area contributed by atoms with Gasteiger partial charge in [-0.2, -0.15) is 0 Å². The number of carbonyl (C=O) groups is 1. The molecular formula is C27H37N3O3. The smallest absolute Gasteiger partial charge is 0.343 e. The summed E-state index contributed by atoms with van der Waals surface area (Å²) in [6.45, 7) is 2.35. The van der Waals surface area contributed by atoms with Crippen LogP contribution in [0, 0.1) is 11.8 Å². The first-order valence-electron chi connectivity index (χ1n) is 12.6. The molecule has 4 rings (SSSR count). The number of aliphatic hydroxyl groups is 1. The van der Waals surface area contributed by atoms with Crippen LogP contribution in [0.15, 0.2) is 48.9 Å². The minimum atomic E-state index is -1.61. The highest BCUT2D eigenvalue weighted by molar-refractivity contribution is 5.81. The SMILES string of the molecule is O=C(OCC(CCC1CCNCC1)c1cnccn1)C(O)(c1ccccc1)C1CCCCC1. The molecule has 0 spiro atoms. The first-order valence-corrected chi connectivity index (χ1v) is 12.6. The maximum Gasteiger partial charge on any atom is 0.343 e. The summed E-state index contributed by atoms with van der Waals surface area (Å²) in [6, 6.07) is 9.33. The van der Waals surface area contributed by atoms with Crippen molar-refractivity contribution in [2.75, 3.05) is 19.7 Å². The zero-order chi connectivity index (χ0) is 22.9. The summed E-state index contributed by atoms with van der Waals surface area (Å²) in [4.78, 5) is 22.2. The highest BCUT2D eigenvalue weighted by Crippen LogP contribution is 2.40. The van der Waals surface area contributed by atoms with E-state index in [1.165, 1.54) is 12.8 Å². The number of rotatable bonds is 9. The van der Waals surface area contributed by atoms with Gasteiger partial charge in [-0.05, 0) is 63.1 Å². The van der Waals surface area contributed by atoms with Crippen molar-refractivity contribution in [2.24, 2.45) is 11.8 Å². The van der Waals surface area contributed by atoms with E-state index in [1.807, 2.05) is 30.3 Å². The number of ether oxygens (including phenoxy) is 1. The molecule has 2 heterocycles. The molecule has 6 nitrogen and oxygen atoms in total. The monoisotopic (exact) mass is 451 g/mol. The summed E-state index contributed by atoms with van der Waals surface area (Å²) >= 11 is 0. The van der Waals surface area contributed by atoms with Crippen molar-refractivity contribution in [1.82, 2.24) is 15.3 Å². The lowest BCUT2D eigenvalue weighted by atomic mass is 9.73. The number of aromatic nitrogens is 2. The van der Waals surface area contributed by atoms with Crippen molar-refractivity contribution < 1.29 is 14.6 Å². The lowest BCUT2D eigenvalue weighted by Crippen LogP contribution is -2.45. The molecule has 1 aliphatic carbocycles.